The third kappa shape index (κ3) is 2.00. The summed E-state index contributed by atoms with van der Waals surface area (Å²) in [7, 11) is 0. The fraction of sp³-hybridized carbons (Fsp3) is 0.833. The van der Waals surface area contributed by atoms with Crippen molar-refractivity contribution in [2.75, 3.05) is 0 Å². The van der Waals surface area contributed by atoms with E-state index in [0.29, 0.717) is 0 Å². The van der Waals surface area contributed by atoms with Crippen LogP contribution >= 0.6 is 15.9 Å². The van der Waals surface area contributed by atoms with E-state index in [9.17, 15) is 9.90 Å². The summed E-state index contributed by atoms with van der Waals surface area (Å²) in [4.78, 5) is 10.8. The largest absolute Gasteiger partial charge is 0.446 e. The second-order valence-corrected chi connectivity index (χ2v) is 3.61. The van der Waals surface area contributed by atoms with Crippen molar-refractivity contribution < 1.29 is 30.0 Å². The maximum atomic E-state index is 10.8. The fourth-order valence-electron chi connectivity index (χ4n) is 0.934. The van der Waals surface area contributed by atoms with E-state index in [1.54, 1.807) is 0 Å². The molecule has 0 spiro atoms. The summed E-state index contributed by atoms with van der Waals surface area (Å²) >= 11 is 2.76. The van der Waals surface area contributed by atoms with Gasteiger partial charge in [0.2, 0.25) is 0 Å². The van der Waals surface area contributed by atoms with Gasteiger partial charge in [0.1, 0.15) is 18.3 Å². The van der Waals surface area contributed by atoms with Crippen molar-refractivity contribution in [2.24, 2.45) is 0 Å². The number of esters is 1. The molecule has 76 valence electrons. The van der Waals surface area contributed by atoms with E-state index in [4.69, 9.17) is 15.3 Å². The van der Waals surface area contributed by atoms with Crippen LogP contribution in [0.2, 0.25) is 0 Å². The van der Waals surface area contributed by atoms with Gasteiger partial charge in [-0.2, -0.15) is 0 Å². The Morgan fingerprint density at radius 1 is 1.08 bits per heavy atom. The molecule has 1 saturated heterocycles. The average molecular weight is 257 g/mol. The van der Waals surface area contributed by atoms with Crippen LogP contribution in [-0.2, 0) is 9.53 Å². The summed E-state index contributed by atoms with van der Waals surface area (Å²) in [6.07, 6.45) is -6.70. The van der Waals surface area contributed by atoms with Crippen LogP contribution in [-0.4, -0.2) is 55.8 Å². The maximum Gasteiger partial charge on any atom is 0.339 e. The van der Waals surface area contributed by atoms with Crippen LogP contribution in [0.15, 0.2) is 0 Å². The Bertz CT molecular complexity index is 209. The molecule has 4 N–H and O–H groups in total. The molecule has 0 aromatic rings. The van der Waals surface area contributed by atoms with Gasteiger partial charge in [-0.25, -0.2) is 4.79 Å². The summed E-state index contributed by atoms with van der Waals surface area (Å²) in [5.74, 6) is -1.09. The van der Waals surface area contributed by atoms with Gasteiger partial charge < -0.3 is 25.2 Å². The summed E-state index contributed by atoms with van der Waals surface area (Å²) in [5.41, 5.74) is 0. The van der Waals surface area contributed by atoms with Crippen molar-refractivity contribution in [2.45, 2.75) is 29.4 Å². The molecular formula is C6H9BrO6. The zero-order valence-electron chi connectivity index (χ0n) is 6.37. The summed E-state index contributed by atoms with van der Waals surface area (Å²) in [5, 5.41) is 35.3. The Hall–Kier alpha value is -0.210. The van der Waals surface area contributed by atoms with Crippen LogP contribution in [0.4, 0.5) is 0 Å². The molecule has 0 aromatic heterocycles. The number of cyclic esters (lactones) is 1. The summed E-state index contributed by atoms with van der Waals surface area (Å²) < 4.78 is 4.43. The van der Waals surface area contributed by atoms with Gasteiger partial charge in [0.15, 0.2) is 11.1 Å². The summed E-state index contributed by atoms with van der Waals surface area (Å²) in [6.45, 7) is 0. The summed E-state index contributed by atoms with van der Waals surface area (Å²) in [6, 6.07) is 0. The van der Waals surface area contributed by atoms with Gasteiger partial charge in [0.05, 0.1) is 0 Å². The standard InChI is InChI=1S/C6H9BrO6/c7-5-3(10)1(8)2(9)4(11)6(12)13-5/h1-5,8-11H/t1-,2+,3+,4-,5?/m0/s1. The number of aliphatic hydroxyl groups excluding tert-OH is 4. The molecule has 0 amide bonds. The number of rotatable bonds is 0. The SMILES string of the molecule is O=C1OC(Br)[C@H](O)[C@@H](O)[C@@H](O)[C@@H]1O. The van der Waals surface area contributed by atoms with Crippen molar-refractivity contribution in [3.63, 3.8) is 0 Å². The predicted octanol–water partition coefficient (Wildman–Crippen LogP) is -2.29. The lowest BCUT2D eigenvalue weighted by molar-refractivity contribution is -0.159. The Morgan fingerprint density at radius 2 is 1.62 bits per heavy atom. The van der Waals surface area contributed by atoms with Gasteiger partial charge in [0.25, 0.3) is 0 Å². The van der Waals surface area contributed by atoms with E-state index < -0.39 is 35.4 Å². The third-order valence-electron chi connectivity index (χ3n) is 1.76. The van der Waals surface area contributed by atoms with Crippen LogP contribution in [0, 0.1) is 0 Å². The highest BCUT2D eigenvalue weighted by atomic mass is 79.9. The molecule has 1 heterocycles. The molecule has 1 aliphatic heterocycles. The number of carbonyl (C=O) groups is 1. The molecule has 5 atom stereocenters. The first-order valence-corrected chi connectivity index (χ1v) is 4.43. The van der Waals surface area contributed by atoms with Crippen molar-refractivity contribution in [1.82, 2.24) is 0 Å². The molecular weight excluding hydrogens is 248 g/mol. The number of hydrogen-bond donors (Lipinski definition) is 4. The fourth-order valence-corrected chi connectivity index (χ4v) is 1.43. The van der Waals surface area contributed by atoms with Gasteiger partial charge in [-0.05, 0) is 15.9 Å². The number of aliphatic hydroxyl groups is 4. The lowest BCUT2D eigenvalue weighted by Gasteiger charge is -2.20. The molecule has 0 aliphatic carbocycles. The molecule has 1 unspecified atom stereocenters. The number of carbonyl (C=O) groups excluding carboxylic acids is 1. The van der Waals surface area contributed by atoms with Gasteiger partial charge >= 0.3 is 5.97 Å². The highest BCUT2D eigenvalue weighted by Crippen LogP contribution is 2.20. The molecule has 1 aliphatic rings. The zero-order chi connectivity index (χ0) is 10.2. The minimum atomic E-state index is -1.84. The molecule has 0 aromatic carbocycles. The Balaban J connectivity index is 2.85. The van der Waals surface area contributed by atoms with Crippen LogP contribution in [0.25, 0.3) is 0 Å². The lowest BCUT2D eigenvalue weighted by atomic mass is 10.1. The van der Waals surface area contributed by atoms with Gasteiger partial charge in [-0.1, -0.05) is 0 Å². The normalized spacial score (nSPS) is 46.8. The van der Waals surface area contributed by atoms with Gasteiger partial charge in [0, 0.05) is 0 Å². The van der Waals surface area contributed by atoms with Crippen LogP contribution in [0.5, 0.6) is 0 Å². The Kier molecular flexibility index (Phi) is 3.25. The Labute approximate surface area is 81.9 Å². The number of ether oxygens (including phenoxy) is 1. The first-order chi connectivity index (χ1) is 5.95. The molecule has 6 nitrogen and oxygen atoms in total. The number of halogens is 1. The molecule has 0 radical (unpaired) electrons. The second kappa shape index (κ2) is 3.89. The van der Waals surface area contributed by atoms with E-state index in [1.165, 1.54) is 0 Å². The zero-order valence-corrected chi connectivity index (χ0v) is 7.96. The van der Waals surface area contributed by atoms with E-state index in [2.05, 4.69) is 20.7 Å². The average Bonchev–Trinajstić information content (AvgIpc) is 2.15. The first-order valence-electron chi connectivity index (χ1n) is 3.52. The minimum absolute atomic E-state index is 1.09. The highest BCUT2D eigenvalue weighted by molar-refractivity contribution is 9.09. The highest BCUT2D eigenvalue weighted by Gasteiger charge is 2.43. The first kappa shape index (κ1) is 10.9. The van der Waals surface area contributed by atoms with E-state index in [0.717, 1.165) is 0 Å². The number of alkyl halides is 1. The predicted molar refractivity (Wildman–Crippen MR) is 42.8 cm³/mol. The van der Waals surface area contributed by atoms with Crippen molar-refractivity contribution in [3.8, 4) is 0 Å². The molecule has 1 fully saturated rings. The third-order valence-corrected chi connectivity index (χ3v) is 2.49. The van der Waals surface area contributed by atoms with Crippen molar-refractivity contribution in [3.05, 3.63) is 0 Å². The molecule has 7 heteroatoms. The molecule has 13 heavy (non-hydrogen) atoms. The molecule has 0 saturated carbocycles. The van der Waals surface area contributed by atoms with Gasteiger partial charge in [-0.15, -0.1) is 0 Å². The van der Waals surface area contributed by atoms with Crippen LogP contribution < -0.4 is 0 Å². The number of hydrogen-bond acceptors (Lipinski definition) is 6. The Morgan fingerprint density at radius 3 is 2.15 bits per heavy atom. The minimum Gasteiger partial charge on any atom is -0.446 e. The smallest absolute Gasteiger partial charge is 0.339 e. The van der Waals surface area contributed by atoms with Crippen LogP contribution in [0.3, 0.4) is 0 Å². The van der Waals surface area contributed by atoms with Crippen molar-refractivity contribution in [1.29, 1.82) is 0 Å². The van der Waals surface area contributed by atoms with Crippen LogP contribution in [0.1, 0.15) is 0 Å². The quantitative estimate of drug-likeness (QED) is 0.287. The maximum absolute atomic E-state index is 10.8. The van der Waals surface area contributed by atoms with E-state index in [-0.39, 0.29) is 0 Å². The topological polar surface area (TPSA) is 107 Å². The monoisotopic (exact) mass is 256 g/mol. The lowest BCUT2D eigenvalue weighted by Crippen LogP contribution is -2.45. The second-order valence-electron chi connectivity index (χ2n) is 2.70. The van der Waals surface area contributed by atoms with Crippen molar-refractivity contribution >= 4 is 21.9 Å². The van der Waals surface area contributed by atoms with E-state index in [1.807, 2.05) is 0 Å². The van der Waals surface area contributed by atoms with Gasteiger partial charge in [-0.3, -0.25) is 0 Å². The molecule has 0 bridgehead atoms. The van der Waals surface area contributed by atoms with E-state index >= 15 is 0 Å². The molecule has 1 rings (SSSR count).